The lowest BCUT2D eigenvalue weighted by Gasteiger charge is -2.38. The summed E-state index contributed by atoms with van der Waals surface area (Å²) in [6.07, 6.45) is 2.69. The molecule has 0 aromatic heterocycles. The highest BCUT2D eigenvalue weighted by Crippen LogP contribution is 2.18. The maximum absolute atomic E-state index is 11.7. The van der Waals surface area contributed by atoms with E-state index in [-0.39, 0.29) is 5.91 Å². The van der Waals surface area contributed by atoms with E-state index in [0.29, 0.717) is 6.54 Å². The van der Waals surface area contributed by atoms with E-state index in [1.807, 2.05) is 14.1 Å². The summed E-state index contributed by atoms with van der Waals surface area (Å²) in [5.74, 6) is 1.09. The third kappa shape index (κ3) is 4.72. The number of rotatable bonds is 4. The number of piperazine rings is 1. The summed E-state index contributed by atoms with van der Waals surface area (Å²) in [6, 6.07) is 0. The lowest BCUT2D eigenvalue weighted by Crippen LogP contribution is -2.50. The number of piperidine rings is 1. The topological polar surface area (TPSA) is 30.0 Å². The summed E-state index contributed by atoms with van der Waals surface area (Å²) >= 11 is 0. The van der Waals surface area contributed by atoms with Crippen LogP contribution in [0.15, 0.2) is 0 Å². The molecule has 0 aromatic carbocycles. The molecular formula is C15H30N4O. The highest BCUT2D eigenvalue weighted by molar-refractivity contribution is 5.77. The van der Waals surface area contributed by atoms with E-state index in [4.69, 9.17) is 0 Å². The van der Waals surface area contributed by atoms with Crippen LogP contribution in [0.3, 0.4) is 0 Å². The Bertz CT molecular complexity index is 305. The standard InChI is InChI=1S/C15H30N4O/c1-16(2)15(20)13-19-10-8-18(9-11-19)12-14-4-6-17(3)7-5-14/h14H,4-13H2,1-3H3. The van der Waals surface area contributed by atoms with Gasteiger partial charge >= 0.3 is 0 Å². The van der Waals surface area contributed by atoms with Crippen LogP contribution in [0.4, 0.5) is 0 Å². The summed E-state index contributed by atoms with van der Waals surface area (Å²) in [5, 5.41) is 0. The molecule has 0 saturated carbocycles. The van der Waals surface area contributed by atoms with Gasteiger partial charge in [0.1, 0.15) is 0 Å². The smallest absolute Gasteiger partial charge is 0.236 e. The molecule has 0 spiro atoms. The number of hydrogen-bond donors (Lipinski definition) is 0. The Morgan fingerprint density at radius 1 is 1.00 bits per heavy atom. The second-order valence-corrected chi connectivity index (χ2v) is 6.61. The van der Waals surface area contributed by atoms with Crippen LogP contribution in [0.5, 0.6) is 0 Å². The molecule has 2 aliphatic rings. The second kappa shape index (κ2) is 7.38. The van der Waals surface area contributed by atoms with Crippen molar-refractivity contribution in [1.29, 1.82) is 0 Å². The van der Waals surface area contributed by atoms with Crippen molar-refractivity contribution in [2.75, 3.05) is 73.5 Å². The molecule has 0 aromatic rings. The van der Waals surface area contributed by atoms with Crippen LogP contribution in [-0.4, -0.2) is 99.0 Å². The number of nitrogens with zero attached hydrogens (tertiary/aromatic N) is 4. The van der Waals surface area contributed by atoms with Crippen molar-refractivity contribution < 1.29 is 4.79 Å². The number of amides is 1. The summed E-state index contributed by atoms with van der Waals surface area (Å²) < 4.78 is 0. The molecule has 0 radical (unpaired) electrons. The summed E-state index contributed by atoms with van der Waals surface area (Å²) in [5.41, 5.74) is 0. The van der Waals surface area contributed by atoms with Crippen LogP contribution in [0.2, 0.25) is 0 Å². The molecule has 0 aliphatic carbocycles. The Labute approximate surface area is 123 Å². The minimum atomic E-state index is 0.216. The van der Waals surface area contributed by atoms with E-state index in [0.717, 1.165) is 32.1 Å². The van der Waals surface area contributed by atoms with Gasteiger partial charge in [0.25, 0.3) is 0 Å². The molecule has 116 valence electrons. The molecule has 0 N–H and O–H groups in total. The van der Waals surface area contributed by atoms with Gasteiger partial charge in [-0.25, -0.2) is 0 Å². The number of hydrogen-bond acceptors (Lipinski definition) is 4. The molecule has 20 heavy (non-hydrogen) atoms. The fourth-order valence-corrected chi connectivity index (χ4v) is 3.07. The number of carbonyl (C=O) groups excluding carboxylic acids is 1. The molecule has 5 heteroatoms. The van der Waals surface area contributed by atoms with Gasteiger partial charge in [-0.15, -0.1) is 0 Å². The minimum absolute atomic E-state index is 0.216. The maximum atomic E-state index is 11.7. The third-order valence-corrected chi connectivity index (χ3v) is 4.68. The lowest BCUT2D eigenvalue weighted by atomic mass is 9.96. The van der Waals surface area contributed by atoms with Gasteiger partial charge in [0, 0.05) is 46.8 Å². The van der Waals surface area contributed by atoms with Crippen molar-refractivity contribution in [3.63, 3.8) is 0 Å². The molecule has 0 atom stereocenters. The van der Waals surface area contributed by atoms with E-state index >= 15 is 0 Å². The van der Waals surface area contributed by atoms with Gasteiger partial charge < -0.3 is 14.7 Å². The second-order valence-electron chi connectivity index (χ2n) is 6.61. The predicted octanol–water partition coefficient (Wildman–Crippen LogP) is 0.0340. The zero-order chi connectivity index (χ0) is 14.5. The Balaban J connectivity index is 1.65. The van der Waals surface area contributed by atoms with Crippen LogP contribution in [0.1, 0.15) is 12.8 Å². The largest absolute Gasteiger partial charge is 0.348 e. The Morgan fingerprint density at radius 3 is 2.10 bits per heavy atom. The SMILES string of the molecule is CN1CCC(CN2CCN(CC(=O)N(C)C)CC2)CC1. The van der Waals surface area contributed by atoms with Crippen molar-refractivity contribution in [2.24, 2.45) is 5.92 Å². The first-order chi connectivity index (χ1) is 9.54. The fourth-order valence-electron chi connectivity index (χ4n) is 3.07. The van der Waals surface area contributed by atoms with Crippen molar-refractivity contribution in [1.82, 2.24) is 19.6 Å². The van der Waals surface area contributed by atoms with Gasteiger partial charge in [-0.1, -0.05) is 0 Å². The Morgan fingerprint density at radius 2 is 1.55 bits per heavy atom. The fraction of sp³-hybridized carbons (Fsp3) is 0.933. The highest BCUT2D eigenvalue weighted by atomic mass is 16.2. The van der Waals surface area contributed by atoms with Gasteiger partial charge in [-0.05, 0) is 38.9 Å². The van der Waals surface area contributed by atoms with E-state index in [1.165, 1.54) is 32.5 Å². The molecule has 2 saturated heterocycles. The monoisotopic (exact) mass is 282 g/mol. The number of likely N-dealkylation sites (tertiary alicyclic amines) is 1. The van der Waals surface area contributed by atoms with Crippen LogP contribution in [0.25, 0.3) is 0 Å². The molecule has 0 bridgehead atoms. The summed E-state index contributed by atoms with van der Waals surface area (Å²) in [4.78, 5) is 20.7. The molecule has 2 heterocycles. The Kier molecular flexibility index (Phi) is 5.81. The lowest BCUT2D eigenvalue weighted by molar-refractivity contribution is -0.130. The number of carbonyl (C=O) groups is 1. The average Bonchev–Trinajstić information content (AvgIpc) is 2.43. The van der Waals surface area contributed by atoms with Crippen molar-refractivity contribution in [3.05, 3.63) is 0 Å². The first kappa shape index (κ1) is 15.7. The summed E-state index contributed by atoms with van der Waals surface area (Å²) in [7, 11) is 5.88. The average molecular weight is 282 g/mol. The van der Waals surface area contributed by atoms with E-state index < -0.39 is 0 Å². The summed E-state index contributed by atoms with van der Waals surface area (Å²) in [6.45, 7) is 8.64. The molecule has 0 unspecified atom stereocenters. The van der Waals surface area contributed by atoms with Gasteiger partial charge in [0.05, 0.1) is 6.54 Å². The zero-order valence-electron chi connectivity index (χ0n) is 13.3. The predicted molar refractivity (Wildman–Crippen MR) is 81.8 cm³/mol. The zero-order valence-corrected chi connectivity index (χ0v) is 13.3. The molecule has 2 fully saturated rings. The Hall–Kier alpha value is -0.650. The first-order valence-electron chi connectivity index (χ1n) is 7.88. The molecule has 2 aliphatic heterocycles. The molecule has 5 nitrogen and oxygen atoms in total. The van der Waals surface area contributed by atoms with E-state index in [9.17, 15) is 4.79 Å². The molecular weight excluding hydrogens is 252 g/mol. The van der Waals surface area contributed by atoms with Gasteiger partial charge in [0.15, 0.2) is 0 Å². The van der Waals surface area contributed by atoms with Crippen molar-refractivity contribution in [2.45, 2.75) is 12.8 Å². The highest BCUT2D eigenvalue weighted by Gasteiger charge is 2.23. The van der Waals surface area contributed by atoms with Gasteiger partial charge in [-0.3, -0.25) is 9.69 Å². The van der Waals surface area contributed by atoms with Gasteiger partial charge in [-0.2, -0.15) is 0 Å². The maximum Gasteiger partial charge on any atom is 0.236 e. The van der Waals surface area contributed by atoms with Crippen LogP contribution in [-0.2, 0) is 4.79 Å². The quantitative estimate of drug-likeness (QED) is 0.728. The van der Waals surface area contributed by atoms with Crippen molar-refractivity contribution in [3.8, 4) is 0 Å². The van der Waals surface area contributed by atoms with Crippen LogP contribution in [0, 0.1) is 5.92 Å². The normalized spacial score (nSPS) is 23.9. The van der Waals surface area contributed by atoms with Crippen LogP contribution >= 0.6 is 0 Å². The van der Waals surface area contributed by atoms with Crippen LogP contribution < -0.4 is 0 Å². The van der Waals surface area contributed by atoms with E-state index in [1.54, 1.807) is 4.90 Å². The first-order valence-corrected chi connectivity index (χ1v) is 7.88. The third-order valence-electron chi connectivity index (χ3n) is 4.68. The van der Waals surface area contributed by atoms with E-state index in [2.05, 4.69) is 21.7 Å². The minimum Gasteiger partial charge on any atom is -0.348 e. The molecule has 1 amide bonds. The van der Waals surface area contributed by atoms with Gasteiger partial charge in [0.2, 0.25) is 5.91 Å². The molecule has 2 rings (SSSR count). The van der Waals surface area contributed by atoms with Crippen molar-refractivity contribution >= 4 is 5.91 Å². The number of likely N-dealkylation sites (N-methyl/N-ethyl adjacent to an activating group) is 1.